The van der Waals surface area contributed by atoms with Crippen LogP contribution in [0.1, 0.15) is 56.9 Å². The Morgan fingerprint density at radius 3 is 1.51 bits per heavy atom. The topological polar surface area (TPSA) is 92.3 Å². The van der Waals surface area contributed by atoms with Gasteiger partial charge in [-0.1, -0.05) is 142 Å². The highest BCUT2D eigenvalue weighted by Crippen LogP contribution is 2.43. The van der Waals surface area contributed by atoms with E-state index < -0.39 is 69.4 Å². The van der Waals surface area contributed by atoms with Gasteiger partial charge >= 0.3 is 0 Å². The van der Waals surface area contributed by atoms with E-state index in [0.717, 1.165) is 22.3 Å². The average molecular weight is 827 g/mol. The fourth-order valence-electron chi connectivity index (χ4n) is 7.36. The van der Waals surface area contributed by atoms with Crippen molar-refractivity contribution in [2.75, 3.05) is 13.2 Å². The molecule has 0 aliphatic carbocycles. The molecule has 3 saturated heterocycles. The van der Waals surface area contributed by atoms with Crippen molar-refractivity contribution in [3.8, 4) is 0 Å². The number of ether oxygens (including phenoxy) is 9. The largest absolute Gasteiger partial charge is 0.414 e. The SMILES string of the molecule is CC1(C)O[C@H]2O[C@H](CO[Si](C)(C)C(C)(C)C)[C@H](O[C@H]3O[C@H](COCc4ccccc4)[C@@H](OCc4ccccc4)[C@H](OCc4ccccc4)[C@H]3OCc3ccccc3)[C@H]2O1. The maximum atomic E-state index is 7.18. The van der Waals surface area contributed by atoms with Crippen molar-refractivity contribution >= 4 is 8.32 Å². The first kappa shape index (κ1) is 43.8. The van der Waals surface area contributed by atoms with Crippen molar-refractivity contribution in [1.29, 1.82) is 0 Å². The molecule has 3 aliphatic heterocycles. The van der Waals surface area contributed by atoms with E-state index >= 15 is 0 Å². The van der Waals surface area contributed by atoms with Crippen LogP contribution < -0.4 is 0 Å². The second-order valence-corrected chi connectivity index (χ2v) is 22.5. The molecular formula is C48H62O10Si. The zero-order valence-electron chi connectivity index (χ0n) is 35.6. The van der Waals surface area contributed by atoms with Crippen LogP contribution in [0.3, 0.4) is 0 Å². The third-order valence-corrected chi connectivity index (χ3v) is 16.1. The molecule has 318 valence electrons. The molecule has 9 atom stereocenters. The first-order valence-corrected chi connectivity index (χ1v) is 23.8. The van der Waals surface area contributed by atoms with E-state index in [0.29, 0.717) is 26.4 Å². The van der Waals surface area contributed by atoms with Crippen molar-refractivity contribution in [3.05, 3.63) is 144 Å². The van der Waals surface area contributed by atoms with E-state index in [1.807, 2.05) is 123 Å². The molecule has 4 aromatic carbocycles. The van der Waals surface area contributed by atoms with Gasteiger partial charge in [0.15, 0.2) is 26.7 Å². The van der Waals surface area contributed by atoms with Crippen LogP contribution in [0, 0.1) is 0 Å². The van der Waals surface area contributed by atoms with Gasteiger partial charge in [-0.2, -0.15) is 0 Å². The van der Waals surface area contributed by atoms with Gasteiger partial charge in [0, 0.05) is 0 Å². The Kier molecular flexibility index (Phi) is 14.5. The number of rotatable bonds is 18. The van der Waals surface area contributed by atoms with E-state index in [-0.39, 0.29) is 18.3 Å². The average Bonchev–Trinajstić information content (AvgIpc) is 3.70. The summed E-state index contributed by atoms with van der Waals surface area (Å²) in [6.45, 7) is 16.8. The third-order valence-electron chi connectivity index (χ3n) is 11.6. The van der Waals surface area contributed by atoms with Crippen molar-refractivity contribution in [3.63, 3.8) is 0 Å². The predicted molar refractivity (Wildman–Crippen MR) is 227 cm³/mol. The monoisotopic (exact) mass is 826 g/mol. The van der Waals surface area contributed by atoms with E-state index in [4.69, 9.17) is 47.1 Å². The second-order valence-electron chi connectivity index (χ2n) is 17.6. The van der Waals surface area contributed by atoms with Gasteiger partial charge in [0.1, 0.15) is 42.7 Å². The highest BCUT2D eigenvalue weighted by molar-refractivity contribution is 6.74. The van der Waals surface area contributed by atoms with Gasteiger partial charge < -0.3 is 47.1 Å². The van der Waals surface area contributed by atoms with E-state index in [2.05, 4.69) is 46.0 Å². The van der Waals surface area contributed by atoms with Crippen LogP contribution in [-0.4, -0.2) is 82.6 Å². The molecule has 0 spiro atoms. The van der Waals surface area contributed by atoms with Gasteiger partial charge in [-0.15, -0.1) is 0 Å². The number of fused-ring (bicyclic) bond motifs is 1. The lowest BCUT2D eigenvalue weighted by atomic mass is 9.97. The summed E-state index contributed by atoms with van der Waals surface area (Å²) >= 11 is 0. The Bertz CT molecular complexity index is 1840. The van der Waals surface area contributed by atoms with Crippen LogP contribution in [0.15, 0.2) is 121 Å². The summed E-state index contributed by atoms with van der Waals surface area (Å²) in [5, 5.41) is 0.000716. The molecule has 11 heteroatoms. The fourth-order valence-corrected chi connectivity index (χ4v) is 8.38. The molecule has 3 heterocycles. The molecule has 0 bridgehead atoms. The molecular weight excluding hydrogens is 765 g/mol. The number of hydrogen-bond donors (Lipinski definition) is 0. The van der Waals surface area contributed by atoms with Gasteiger partial charge in [0.05, 0.1) is 39.6 Å². The summed E-state index contributed by atoms with van der Waals surface area (Å²) in [5.74, 6) is -0.871. The lowest BCUT2D eigenvalue weighted by molar-refractivity contribution is -0.344. The summed E-state index contributed by atoms with van der Waals surface area (Å²) < 4.78 is 67.5. The minimum Gasteiger partial charge on any atom is -0.414 e. The van der Waals surface area contributed by atoms with Crippen LogP contribution in [-0.2, 0) is 73.5 Å². The molecule has 4 aromatic rings. The Balaban J connectivity index is 1.23. The normalized spacial score (nSPS) is 28.1. The van der Waals surface area contributed by atoms with Crippen LogP contribution in [0.5, 0.6) is 0 Å². The van der Waals surface area contributed by atoms with Crippen LogP contribution in [0.25, 0.3) is 0 Å². The molecule has 3 aliphatic rings. The highest BCUT2D eigenvalue weighted by Gasteiger charge is 2.58. The maximum Gasteiger partial charge on any atom is 0.192 e. The van der Waals surface area contributed by atoms with Crippen molar-refractivity contribution in [1.82, 2.24) is 0 Å². The molecule has 0 N–H and O–H groups in total. The van der Waals surface area contributed by atoms with E-state index in [1.165, 1.54) is 0 Å². The first-order valence-electron chi connectivity index (χ1n) is 20.9. The second kappa shape index (κ2) is 19.6. The minimum absolute atomic E-state index is 0.000716. The van der Waals surface area contributed by atoms with Crippen LogP contribution in [0.4, 0.5) is 0 Å². The van der Waals surface area contributed by atoms with Gasteiger partial charge in [-0.3, -0.25) is 0 Å². The summed E-state index contributed by atoms with van der Waals surface area (Å²) in [6, 6.07) is 40.4. The van der Waals surface area contributed by atoms with Crippen molar-refractivity contribution < 1.29 is 47.1 Å². The van der Waals surface area contributed by atoms with E-state index in [1.54, 1.807) is 0 Å². The molecule has 0 aromatic heterocycles. The smallest absolute Gasteiger partial charge is 0.192 e. The predicted octanol–water partition coefficient (Wildman–Crippen LogP) is 8.97. The first-order chi connectivity index (χ1) is 28.4. The Morgan fingerprint density at radius 1 is 0.542 bits per heavy atom. The number of benzene rings is 4. The summed E-state index contributed by atoms with van der Waals surface area (Å²) in [4.78, 5) is 0. The molecule has 0 unspecified atom stereocenters. The molecule has 0 amide bonds. The van der Waals surface area contributed by atoms with Gasteiger partial charge in [0.25, 0.3) is 0 Å². The molecule has 3 fully saturated rings. The van der Waals surface area contributed by atoms with Crippen LogP contribution >= 0.6 is 0 Å². The minimum atomic E-state index is -2.16. The standard InChI is InChI=1S/C48H62O10Si/c1-47(2,3)59(6,7)53-33-39-41(44-46(55-39)58-48(4,5)57-44)56-45-43(52-31-37-26-18-11-19-27-37)42(51-30-36-24-16-10-17-25-36)40(50-29-35-22-14-9-15-23-35)38(54-45)32-49-28-34-20-12-8-13-21-34/h8-27,38-46H,28-33H2,1-7H3/t38-,39-,40-,41+,42+,43-,44-,45-,46-/m1/s1. The summed E-state index contributed by atoms with van der Waals surface area (Å²) in [7, 11) is -2.16. The zero-order chi connectivity index (χ0) is 41.5. The Hall–Kier alpha value is -3.30. The number of hydrogen-bond acceptors (Lipinski definition) is 10. The molecule has 0 saturated carbocycles. The molecule has 7 rings (SSSR count). The lowest BCUT2D eigenvalue weighted by Crippen LogP contribution is -2.63. The van der Waals surface area contributed by atoms with Gasteiger partial charge in [-0.05, 0) is 54.2 Å². The van der Waals surface area contributed by atoms with Gasteiger partial charge in [0.2, 0.25) is 0 Å². The maximum absolute atomic E-state index is 7.18. The fraction of sp³-hybridized carbons (Fsp3) is 0.500. The van der Waals surface area contributed by atoms with Gasteiger partial charge in [-0.25, -0.2) is 0 Å². The molecule has 0 radical (unpaired) electrons. The quantitative estimate of drug-likeness (QED) is 0.0906. The third kappa shape index (κ3) is 11.5. The zero-order valence-corrected chi connectivity index (χ0v) is 36.6. The molecule has 59 heavy (non-hydrogen) atoms. The van der Waals surface area contributed by atoms with Crippen molar-refractivity contribution in [2.45, 2.75) is 140 Å². The molecule has 10 nitrogen and oxygen atoms in total. The van der Waals surface area contributed by atoms with E-state index in [9.17, 15) is 0 Å². The Morgan fingerprint density at radius 2 is 1.00 bits per heavy atom. The van der Waals surface area contributed by atoms with Crippen molar-refractivity contribution in [2.24, 2.45) is 0 Å². The highest BCUT2D eigenvalue weighted by atomic mass is 28.4. The van der Waals surface area contributed by atoms with Crippen LogP contribution in [0.2, 0.25) is 18.1 Å². The summed E-state index contributed by atoms with van der Waals surface area (Å²) in [6.07, 6.45) is -5.87. The lowest BCUT2D eigenvalue weighted by Gasteiger charge is -2.47. The Labute approximate surface area is 351 Å². The summed E-state index contributed by atoms with van der Waals surface area (Å²) in [5.41, 5.74) is 4.10.